The predicted molar refractivity (Wildman–Crippen MR) is 87.5 cm³/mol. The van der Waals surface area contributed by atoms with Gasteiger partial charge in [-0.15, -0.1) is 13.2 Å². The summed E-state index contributed by atoms with van der Waals surface area (Å²) in [4.78, 5) is 0.649. The van der Waals surface area contributed by atoms with Gasteiger partial charge in [0.15, 0.2) is 9.58 Å². The maximum absolute atomic E-state index is 13.7. The molecule has 8 heteroatoms. The fourth-order valence-corrected chi connectivity index (χ4v) is 5.80. The van der Waals surface area contributed by atoms with E-state index in [1.807, 2.05) is 24.3 Å². The Morgan fingerprint density at radius 2 is 1.69 bits per heavy atom. The van der Waals surface area contributed by atoms with Gasteiger partial charge in [0.05, 0.1) is 10.5 Å². The second-order valence-electron chi connectivity index (χ2n) is 6.44. The summed E-state index contributed by atoms with van der Waals surface area (Å²) in [6, 6.07) is 7.53. The molecule has 1 fully saturated rings. The number of aryl methyl sites for hydroxylation is 1. The van der Waals surface area contributed by atoms with Gasteiger partial charge in [0.25, 0.3) is 0 Å². The van der Waals surface area contributed by atoms with Gasteiger partial charge in [0.1, 0.15) is 0 Å². The van der Waals surface area contributed by atoms with Crippen molar-refractivity contribution in [2.24, 2.45) is 0 Å². The summed E-state index contributed by atoms with van der Waals surface area (Å²) in [6.07, 6.45) is 6.94. The van der Waals surface area contributed by atoms with Crippen LogP contribution in [-0.4, -0.2) is 0 Å². The third kappa shape index (κ3) is 5.66. The van der Waals surface area contributed by atoms with Crippen molar-refractivity contribution in [1.29, 1.82) is 0 Å². The minimum atomic E-state index is -4.15. The molecule has 0 amide bonds. The quantitative estimate of drug-likeness (QED) is 0.666. The van der Waals surface area contributed by atoms with E-state index in [1.54, 1.807) is 0 Å². The Hall–Kier alpha value is -0.670. The molecule has 0 N–H and O–H groups in total. The zero-order chi connectivity index (χ0) is 19.3. The van der Waals surface area contributed by atoms with Crippen molar-refractivity contribution in [3.63, 3.8) is 0 Å². The highest BCUT2D eigenvalue weighted by Crippen LogP contribution is 2.55. The minimum absolute atomic E-state index is 0.126. The molecule has 1 aliphatic carbocycles. The normalized spacial score (nSPS) is 16.7. The Kier molecular flexibility index (Phi) is 7.90. The van der Waals surface area contributed by atoms with E-state index in [0.717, 1.165) is 55.9 Å². The summed E-state index contributed by atoms with van der Waals surface area (Å²) in [5.74, 6) is 0.126. The molecule has 3 rings (SSSR count). The molecule has 26 heavy (non-hydrogen) atoms. The third-order valence-corrected chi connectivity index (χ3v) is 6.79. The minimum Gasteiger partial charge on any atom is -0.405 e. The lowest BCUT2D eigenvalue weighted by atomic mass is 9.88. The van der Waals surface area contributed by atoms with Crippen molar-refractivity contribution in [3.05, 3.63) is 34.7 Å². The number of fused-ring (bicyclic) bond motifs is 1. The smallest absolute Gasteiger partial charge is 0.405 e. The average Bonchev–Trinajstić information content (AvgIpc) is 2.94. The van der Waals surface area contributed by atoms with E-state index >= 15 is 0 Å². The van der Waals surface area contributed by atoms with E-state index in [1.165, 1.54) is 0 Å². The average molecular weight is 455 g/mol. The molecule has 1 atom stereocenters. The van der Waals surface area contributed by atoms with Crippen molar-refractivity contribution >= 4 is 20.6 Å². The lowest BCUT2D eigenvalue weighted by molar-refractivity contribution is -1.73. The van der Waals surface area contributed by atoms with Crippen molar-refractivity contribution in [2.75, 3.05) is 0 Å². The fourth-order valence-electron chi connectivity index (χ4n) is 3.59. The second-order valence-corrected chi connectivity index (χ2v) is 9.22. The Balaban J connectivity index is 0.000000552. The first kappa shape index (κ1) is 21.6. The zero-order valence-electron chi connectivity index (χ0n) is 14.5. The monoisotopic (exact) mass is 454 g/mol. The van der Waals surface area contributed by atoms with Gasteiger partial charge >= 0.3 is 5.51 Å². The van der Waals surface area contributed by atoms with E-state index in [-0.39, 0.29) is 5.92 Å². The standard InChI is InChI=1S/C18H22F3S.BrO3/c1-2-6-13-9-10-15-12-17(14-7-4-3-5-8-14)22(16(15)11-13)18(19,20)21;2-1(3)4/h9-12,14H,2-8H2,1H3;/q+1;-1. The lowest BCUT2D eigenvalue weighted by Crippen LogP contribution is -2.42. The topological polar surface area (TPSA) is 69.2 Å². The first-order valence-electron chi connectivity index (χ1n) is 8.62. The first-order chi connectivity index (χ1) is 12.2. The van der Waals surface area contributed by atoms with Gasteiger partial charge in [-0.2, -0.15) is 0 Å². The molecule has 146 valence electrons. The number of hydrogen-bond acceptors (Lipinski definition) is 3. The van der Waals surface area contributed by atoms with Gasteiger partial charge in [-0.3, -0.25) is 0 Å². The number of halogens is 4. The zero-order valence-corrected chi connectivity index (χ0v) is 16.9. The SMILES string of the molecule is CCCc1ccc2cc(C3CCCCC3)[s+](C(F)(F)F)c2c1.[O-][Br+2]([O-])[O-]. The molecule has 1 saturated carbocycles. The van der Waals surface area contributed by atoms with Crippen LogP contribution >= 0.6 is 10.5 Å². The molecule has 1 aliphatic rings. The van der Waals surface area contributed by atoms with Crippen LogP contribution in [0.3, 0.4) is 0 Å². The van der Waals surface area contributed by atoms with Gasteiger partial charge in [-0.25, -0.2) is 0 Å². The molecule has 1 unspecified atom stereocenters. The van der Waals surface area contributed by atoms with Crippen LogP contribution < -0.4 is 12.6 Å². The summed E-state index contributed by atoms with van der Waals surface area (Å²) < 4.78 is 67.3. The Morgan fingerprint density at radius 3 is 2.23 bits per heavy atom. The van der Waals surface area contributed by atoms with E-state index in [4.69, 9.17) is 12.6 Å². The van der Waals surface area contributed by atoms with E-state index in [9.17, 15) is 13.2 Å². The van der Waals surface area contributed by atoms with Crippen LogP contribution in [0, 0.1) is 14.8 Å². The molecule has 0 saturated heterocycles. The molecule has 0 radical (unpaired) electrons. The molecule has 1 heterocycles. The summed E-state index contributed by atoms with van der Waals surface area (Å²) in [7, 11) is -1.71. The predicted octanol–water partition coefficient (Wildman–Crippen LogP) is 3.50. The van der Waals surface area contributed by atoms with Crippen LogP contribution in [0.2, 0.25) is 0 Å². The van der Waals surface area contributed by atoms with Crippen LogP contribution in [-0.2, 0) is 11.9 Å². The van der Waals surface area contributed by atoms with Crippen molar-refractivity contribution in [3.8, 4) is 0 Å². The second kappa shape index (κ2) is 9.50. The van der Waals surface area contributed by atoms with Crippen LogP contribution in [0.4, 0.5) is 13.2 Å². The third-order valence-electron chi connectivity index (χ3n) is 4.61. The van der Waals surface area contributed by atoms with E-state index in [2.05, 4.69) is 6.92 Å². The maximum atomic E-state index is 13.7. The number of hydrogen-bond donors (Lipinski definition) is 0. The Morgan fingerprint density at radius 1 is 1.08 bits per heavy atom. The van der Waals surface area contributed by atoms with Gasteiger partial charge < -0.3 is 12.6 Å². The summed E-state index contributed by atoms with van der Waals surface area (Å²) in [5.41, 5.74) is -3.12. The number of rotatable bonds is 3. The maximum Gasteiger partial charge on any atom is 0.600 e. The number of benzene rings is 1. The number of alkyl halides is 3. The molecule has 3 nitrogen and oxygen atoms in total. The Labute approximate surface area is 159 Å². The Bertz CT molecular complexity index is 707. The van der Waals surface area contributed by atoms with Crippen molar-refractivity contribution < 1.29 is 40.6 Å². The molecular formula is C18H22BrF3O3S. The van der Waals surface area contributed by atoms with Gasteiger partial charge in [0.2, 0.25) is 14.8 Å². The summed E-state index contributed by atoms with van der Waals surface area (Å²) in [6.45, 7) is 2.06. The molecule has 2 aromatic rings. The van der Waals surface area contributed by atoms with Crippen LogP contribution in [0.25, 0.3) is 10.1 Å². The highest BCUT2D eigenvalue weighted by atomic mass is 80.0. The first-order valence-corrected chi connectivity index (χ1v) is 11.8. The molecule has 1 aromatic heterocycles. The van der Waals surface area contributed by atoms with Crippen LogP contribution in [0.1, 0.15) is 61.8 Å². The molecule has 1 aromatic carbocycles. The van der Waals surface area contributed by atoms with Crippen LogP contribution in [0.15, 0.2) is 24.3 Å². The van der Waals surface area contributed by atoms with E-state index < -0.39 is 30.8 Å². The van der Waals surface area contributed by atoms with Gasteiger partial charge in [-0.05, 0) is 30.9 Å². The number of thiophene rings is 1. The van der Waals surface area contributed by atoms with E-state index in [0.29, 0.717) is 9.58 Å². The van der Waals surface area contributed by atoms with Crippen molar-refractivity contribution in [1.82, 2.24) is 0 Å². The molecule has 0 spiro atoms. The molecule has 0 bridgehead atoms. The summed E-state index contributed by atoms with van der Waals surface area (Å²) >= 11 is -3.65. The van der Waals surface area contributed by atoms with Crippen molar-refractivity contribution in [2.45, 2.75) is 63.3 Å². The fraction of sp³-hybridized carbons (Fsp3) is 0.556. The highest BCUT2D eigenvalue weighted by Gasteiger charge is 2.49. The van der Waals surface area contributed by atoms with Gasteiger partial charge in [-0.1, -0.05) is 38.7 Å². The largest absolute Gasteiger partial charge is 0.600 e. The lowest BCUT2D eigenvalue weighted by Gasteiger charge is -2.18. The summed E-state index contributed by atoms with van der Waals surface area (Å²) in [5, 5.41) is 0.793. The highest BCUT2D eigenvalue weighted by molar-refractivity contribution is 7.38. The molecular weight excluding hydrogens is 433 g/mol. The molecule has 0 aliphatic heterocycles. The van der Waals surface area contributed by atoms with Crippen LogP contribution in [0.5, 0.6) is 0 Å². The van der Waals surface area contributed by atoms with Gasteiger partial charge in [0, 0.05) is 23.4 Å².